The van der Waals surface area contributed by atoms with Crippen molar-refractivity contribution in [2.24, 2.45) is 0 Å². The summed E-state index contributed by atoms with van der Waals surface area (Å²) in [6, 6.07) is 0. The Labute approximate surface area is 157 Å². The zero-order valence-electron chi connectivity index (χ0n) is 16.1. The van der Waals surface area contributed by atoms with Gasteiger partial charge in [-0.2, -0.15) is 0 Å². The second-order valence-corrected chi connectivity index (χ2v) is 5.63. The van der Waals surface area contributed by atoms with Crippen LogP contribution >= 0.6 is 0 Å². The van der Waals surface area contributed by atoms with Crippen molar-refractivity contribution in [3.05, 3.63) is 0 Å². The molecule has 0 saturated heterocycles. The van der Waals surface area contributed by atoms with Gasteiger partial charge < -0.3 is 35.8 Å². The van der Waals surface area contributed by atoms with E-state index in [2.05, 4.69) is 31.9 Å². The van der Waals surface area contributed by atoms with E-state index >= 15 is 0 Å². The Morgan fingerprint density at radius 3 is 1.46 bits per heavy atom. The summed E-state index contributed by atoms with van der Waals surface area (Å²) in [5.41, 5.74) is 0. The van der Waals surface area contributed by atoms with Gasteiger partial charge in [-0.25, -0.2) is 0 Å². The highest BCUT2D eigenvalue weighted by Crippen LogP contribution is 1.80. The molecule has 26 heavy (non-hydrogen) atoms. The minimum Gasteiger partial charge on any atom is -0.481 e. The summed E-state index contributed by atoms with van der Waals surface area (Å²) < 4.78 is 10.0. The van der Waals surface area contributed by atoms with Crippen LogP contribution in [0.2, 0.25) is 0 Å². The normalized spacial score (nSPS) is 11.1. The van der Waals surface area contributed by atoms with Crippen LogP contribution in [-0.4, -0.2) is 104 Å². The van der Waals surface area contributed by atoms with Crippen LogP contribution in [0.4, 0.5) is 0 Å². The van der Waals surface area contributed by atoms with E-state index in [0.29, 0.717) is 13.5 Å². The standard InChI is InChI=1S/C16H38N6O4/c1-25-14-21-11-9-19-7-5-17-3-4-18-6-8-20-10-12-22-15-26-13-2-16(23)24/h17-22H,2-15H2,1H3,(H,23,24). The average molecular weight is 379 g/mol. The summed E-state index contributed by atoms with van der Waals surface area (Å²) >= 11 is 0. The SMILES string of the molecule is COCNCCNCCNCCNCCNCCNCOCCC(=O)O. The molecule has 0 spiro atoms. The summed E-state index contributed by atoms with van der Waals surface area (Å²) in [7, 11) is 1.68. The first-order chi connectivity index (χ1) is 12.8. The van der Waals surface area contributed by atoms with E-state index in [1.807, 2.05) is 0 Å². The maximum absolute atomic E-state index is 10.3. The molecule has 0 unspecified atom stereocenters. The van der Waals surface area contributed by atoms with Gasteiger partial charge in [0.1, 0.15) is 0 Å². The van der Waals surface area contributed by atoms with Gasteiger partial charge in [0.15, 0.2) is 0 Å². The number of aliphatic carboxylic acids is 1. The predicted octanol–water partition coefficient (Wildman–Crippen LogP) is -2.42. The van der Waals surface area contributed by atoms with Gasteiger partial charge in [-0.1, -0.05) is 0 Å². The van der Waals surface area contributed by atoms with E-state index in [9.17, 15) is 4.79 Å². The van der Waals surface area contributed by atoms with Crippen molar-refractivity contribution in [1.29, 1.82) is 0 Å². The molecular formula is C16H38N6O4. The largest absolute Gasteiger partial charge is 0.481 e. The number of hydrogen-bond acceptors (Lipinski definition) is 9. The van der Waals surface area contributed by atoms with Crippen LogP contribution in [0.25, 0.3) is 0 Å². The molecule has 0 heterocycles. The van der Waals surface area contributed by atoms with Crippen LogP contribution in [0.15, 0.2) is 0 Å². The van der Waals surface area contributed by atoms with Gasteiger partial charge in [-0.3, -0.25) is 15.4 Å². The molecule has 0 aliphatic rings. The first-order valence-corrected chi connectivity index (χ1v) is 9.30. The molecule has 0 bridgehead atoms. The van der Waals surface area contributed by atoms with Gasteiger partial charge in [-0.05, 0) is 0 Å². The summed E-state index contributed by atoms with van der Waals surface area (Å²) in [6.07, 6.45) is 0.0450. The quantitative estimate of drug-likeness (QED) is 0.0807. The van der Waals surface area contributed by atoms with Gasteiger partial charge >= 0.3 is 5.97 Å². The van der Waals surface area contributed by atoms with Crippen molar-refractivity contribution in [2.75, 3.05) is 92.6 Å². The number of methoxy groups -OCH3 is 1. The summed E-state index contributed by atoms with van der Waals surface area (Å²) in [5, 5.41) is 28.1. The molecule has 0 amide bonds. The fraction of sp³-hybridized carbons (Fsp3) is 0.938. The molecule has 156 valence electrons. The first-order valence-electron chi connectivity index (χ1n) is 9.30. The lowest BCUT2D eigenvalue weighted by Gasteiger charge is -2.09. The fourth-order valence-corrected chi connectivity index (χ4v) is 1.93. The third kappa shape index (κ3) is 23.1. The Balaban J connectivity index is 2.98. The lowest BCUT2D eigenvalue weighted by atomic mass is 10.5. The zero-order chi connectivity index (χ0) is 19.1. The Hall–Kier alpha value is -0.850. The molecule has 0 saturated carbocycles. The molecule has 7 N–H and O–H groups in total. The van der Waals surface area contributed by atoms with Crippen molar-refractivity contribution in [3.63, 3.8) is 0 Å². The van der Waals surface area contributed by atoms with Crippen LogP contribution in [0, 0.1) is 0 Å². The number of ether oxygens (including phenoxy) is 2. The molecule has 10 heteroatoms. The Morgan fingerprint density at radius 1 is 0.692 bits per heavy atom. The molecule has 0 atom stereocenters. The molecular weight excluding hydrogens is 340 g/mol. The number of hydrogen-bond donors (Lipinski definition) is 7. The van der Waals surface area contributed by atoms with Gasteiger partial charge in [0.2, 0.25) is 0 Å². The monoisotopic (exact) mass is 378 g/mol. The maximum atomic E-state index is 10.3. The molecule has 0 rings (SSSR count). The highest BCUT2D eigenvalue weighted by Gasteiger charge is 1.95. The van der Waals surface area contributed by atoms with E-state index in [4.69, 9.17) is 14.6 Å². The minimum atomic E-state index is -0.836. The van der Waals surface area contributed by atoms with Crippen LogP contribution < -0.4 is 31.9 Å². The van der Waals surface area contributed by atoms with E-state index in [1.54, 1.807) is 7.11 Å². The van der Waals surface area contributed by atoms with Gasteiger partial charge in [0.25, 0.3) is 0 Å². The number of carboxylic acid groups (broad SMARTS) is 1. The van der Waals surface area contributed by atoms with E-state index in [-0.39, 0.29) is 13.0 Å². The molecule has 10 nitrogen and oxygen atoms in total. The van der Waals surface area contributed by atoms with Gasteiger partial charge in [0.05, 0.1) is 26.5 Å². The Kier molecular flexibility index (Phi) is 21.5. The van der Waals surface area contributed by atoms with E-state index in [1.165, 1.54) is 0 Å². The molecule has 0 radical (unpaired) electrons. The molecule has 0 aliphatic carbocycles. The molecule has 0 aromatic carbocycles. The highest BCUT2D eigenvalue weighted by atomic mass is 16.5. The van der Waals surface area contributed by atoms with Crippen LogP contribution in [0.1, 0.15) is 6.42 Å². The lowest BCUT2D eigenvalue weighted by molar-refractivity contribution is -0.138. The average Bonchev–Trinajstić information content (AvgIpc) is 2.62. The first kappa shape index (κ1) is 25.1. The Morgan fingerprint density at radius 2 is 1.08 bits per heavy atom. The van der Waals surface area contributed by atoms with Gasteiger partial charge in [0, 0.05) is 72.6 Å². The van der Waals surface area contributed by atoms with Crippen LogP contribution in [0.5, 0.6) is 0 Å². The number of carboxylic acids is 1. The Bertz CT molecular complexity index is 300. The maximum Gasteiger partial charge on any atom is 0.305 e. The van der Waals surface area contributed by atoms with Crippen LogP contribution in [0.3, 0.4) is 0 Å². The fourth-order valence-electron chi connectivity index (χ4n) is 1.93. The van der Waals surface area contributed by atoms with Crippen molar-refractivity contribution >= 4 is 5.97 Å². The third-order valence-corrected chi connectivity index (χ3v) is 3.30. The predicted molar refractivity (Wildman–Crippen MR) is 102 cm³/mol. The second kappa shape index (κ2) is 22.2. The third-order valence-electron chi connectivity index (χ3n) is 3.30. The van der Waals surface area contributed by atoms with E-state index in [0.717, 1.165) is 65.4 Å². The number of rotatable bonds is 22. The van der Waals surface area contributed by atoms with Gasteiger partial charge in [-0.15, -0.1) is 0 Å². The highest BCUT2D eigenvalue weighted by molar-refractivity contribution is 5.66. The van der Waals surface area contributed by atoms with Crippen molar-refractivity contribution in [3.8, 4) is 0 Å². The number of carbonyl (C=O) groups is 1. The smallest absolute Gasteiger partial charge is 0.305 e. The van der Waals surface area contributed by atoms with Crippen molar-refractivity contribution in [2.45, 2.75) is 6.42 Å². The molecule has 0 aromatic heterocycles. The van der Waals surface area contributed by atoms with Crippen LogP contribution in [-0.2, 0) is 14.3 Å². The zero-order valence-corrected chi connectivity index (χ0v) is 16.1. The summed E-state index contributed by atoms with van der Waals surface area (Å²) in [5.74, 6) is -0.836. The summed E-state index contributed by atoms with van der Waals surface area (Å²) in [4.78, 5) is 10.3. The lowest BCUT2D eigenvalue weighted by Crippen LogP contribution is -2.37. The minimum absolute atomic E-state index is 0.0450. The molecule has 0 aliphatic heterocycles. The summed E-state index contributed by atoms with van der Waals surface area (Å²) in [6.45, 7) is 10.4. The molecule has 0 aromatic rings. The topological polar surface area (TPSA) is 128 Å². The second-order valence-electron chi connectivity index (χ2n) is 5.63. The van der Waals surface area contributed by atoms with Crippen molar-refractivity contribution in [1.82, 2.24) is 31.9 Å². The van der Waals surface area contributed by atoms with E-state index < -0.39 is 5.97 Å². The molecule has 0 fully saturated rings. The number of nitrogens with one attached hydrogen (secondary N) is 6. The van der Waals surface area contributed by atoms with Crippen molar-refractivity contribution < 1.29 is 19.4 Å².